The molecule has 0 radical (unpaired) electrons. The highest BCUT2D eigenvalue weighted by Gasteiger charge is 2.06. The van der Waals surface area contributed by atoms with Crippen molar-refractivity contribution in [3.05, 3.63) is 0 Å². The molecule has 0 aromatic heterocycles. The van der Waals surface area contributed by atoms with Crippen molar-refractivity contribution in [2.45, 2.75) is 157 Å². The van der Waals surface area contributed by atoms with E-state index >= 15 is 0 Å². The minimum Gasteiger partial charge on any atom is -0.466 e. The van der Waals surface area contributed by atoms with Crippen molar-refractivity contribution >= 4 is 57.1 Å². The molecule has 35 heavy (non-hydrogen) atoms. The Bertz CT molecular complexity index is 441. The first-order valence-electron chi connectivity index (χ1n) is 14.5. The van der Waals surface area contributed by atoms with Crippen LogP contribution in [-0.2, 0) is 19.1 Å². The van der Waals surface area contributed by atoms with E-state index in [1.807, 2.05) is 0 Å². The minimum atomic E-state index is -0.0305. The molecule has 0 aliphatic carbocycles. The lowest BCUT2D eigenvalue weighted by molar-refractivity contribution is -0.144. The lowest BCUT2D eigenvalue weighted by Gasteiger charge is -2.06. The van der Waals surface area contributed by atoms with Crippen molar-refractivity contribution in [1.82, 2.24) is 0 Å². The van der Waals surface area contributed by atoms with Gasteiger partial charge < -0.3 is 9.47 Å². The molecule has 0 bridgehead atoms. The van der Waals surface area contributed by atoms with Gasteiger partial charge in [0.05, 0.1) is 13.2 Å². The minimum absolute atomic E-state index is 0.0305. The number of carbonyl (C=O) groups excluding carboxylic acids is 2. The highest BCUT2D eigenvalue weighted by molar-refractivity contribution is 14.1. The molecule has 2 unspecified atom stereocenters. The number of halogens is 2. The number of carbonyl (C=O) groups is 2. The van der Waals surface area contributed by atoms with Crippen LogP contribution < -0.4 is 0 Å². The summed E-state index contributed by atoms with van der Waals surface area (Å²) in [4.78, 5) is 23.1. The predicted molar refractivity (Wildman–Crippen MR) is 166 cm³/mol. The van der Waals surface area contributed by atoms with Crippen LogP contribution in [-0.4, -0.2) is 33.0 Å². The van der Waals surface area contributed by atoms with Gasteiger partial charge in [0.25, 0.3) is 0 Å². The zero-order chi connectivity index (χ0) is 26.0. The van der Waals surface area contributed by atoms with Gasteiger partial charge in [0.15, 0.2) is 0 Å². The molecule has 0 spiro atoms. The molecular weight excluding hydrogens is 666 g/mol. The summed E-state index contributed by atoms with van der Waals surface area (Å²) in [6.45, 7) is 5.45. The summed E-state index contributed by atoms with van der Waals surface area (Å²) in [7, 11) is 0. The summed E-state index contributed by atoms with van der Waals surface area (Å²) >= 11 is 4.70. The Morgan fingerprint density at radius 2 is 0.714 bits per heavy atom. The van der Waals surface area contributed by atoms with Crippen LogP contribution in [0.3, 0.4) is 0 Å². The topological polar surface area (TPSA) is 52.6 Å². The van der Waals surface area contributed by atoms with Crippen molar-refractivity contribution in [3.8, 4) is 0 Å². The molecule has 0 N–H and O–H groups in total. The fourth-order valence-corrected chi connectivity index (χ4v) is 4.63. The number of alkyl halides is 2. The molecular formula is C29H54I2O4. The highest BCUT2D eigenvalue weighted by atomic mass is 127. The molecule has 0 fully saturated rings. The summed E-state index contributed by atoms with van der Waals surface area (Å²) in [6, 6.07) is 0. The van der Waals surface area contributed by atoms with Gasteiger partial charge in [0.2, 0.25) is 0 Å². The number of rotatable bonds is 26. The van der Waals surface area contributed by atoms with E-state index in [-0.39, 0.29) is 11.9 Å². The van der Waals surface area contributed by atoms with E-state index < -0.39 is 0 Å². The van der Waals surface area contributed by atoms with Crippen molar-refractivity contribution in [3.63, 3.8) is 0 Å². The summed E-state index contributed by atoms with van der Waals surface area (Å²) in [5, 5.41) is 0. The Kier molecular flexibility index (Phi) is 27.7. The van der Waals surface area contributed by atoms with E-state index in [9.17, 15) is 9.59 Å². The maximum atomic E-state index is 11.5. The van der Waals surface area contributed by atoms with Gasteiger partial charge >= 0.3 is 11.9 Å². The third-order valence-corrected chi connectivity index (χ3v) is 7.55. The summed E-state index contributed by atoms with van der Waals surface area (Å²) in [6.07, 6.45) is 24.9. The van der Waals surface area contributed by atoms with E-state index in [0.29, 0.717) is 33.9 Å². The number of ether oxygens (including phenoxy) is 2. The smallest absolute Gasteiger partial charge is 0.305 e. The molecule has 0 rings (SSSR count). The first-order chi connectivity index (χ1) is 16.9. The average Bonchev–Trinajstić information content (AvgIpc) is 2.82. The molecule has 0 aromatic rings. The number of hydrogen-bond donors (Lipinski definition) is 0. The van der Waals surface area contributed by atoms with Gasteiger partial charge in [-0.3, -0.25) is 9.59 Å². The Hall–Kier alpha value is 0.400. The SMILES string of the molecule is CC(I)CCC(=O)OCCCCCCCCCCCCCCCCCCCOC(=O)CCC(C)I. The van der Waals surface area contributed by atoms with Crippen LogP contribution in [0.25, 0.3) is 0 Å². The summed E-state index contributed by atoms with van der Waals surface area (Å²) in [5.41, 5.74) is 0. The van der Waals surface area contributed by atoms with Gasteiger partial charge in [0, 0.05) is 20.7 Å². The van der Waals surface area contributed by atoms with Crippen LogP contribution in [0.1, 0.15) is 149 Å². The predicted octanol–water partition coefficient (Wildman–Crippen LogP) is 9.91. The fourth-order valence-electron chi connectivity index (χ4n) is 4.01. The van der Waals surface area contributed by atoms with E-state index in [2.05, 4.69) is 59.0 Å². The highest BCUT2D eigenvalue weighted by Crippen LogP contribution is 2.15. The van der Waals surface area contributed by atoms with Crippen molar-refractivity contribution in [1.29, 1.82) is 0 Å². The second-order valence-electron chi connectivity index (χ2n) is 10.1. The lowest BCUT2D eigenvalue weighted by atomic mass is 10.0. The third-order valence-electron chi connectivity index (χ3n) is 6.31. The second-order valence-corrected chi connectivity index (χ2v) is 14.3. The normalized spacial score (nSPS) is 12.9. The van der Waals surface area contributed by atoms with Crippen molar-refractivity contribution in [2.75, 3.05) is 13.2 Å². The second kappa shape index (κ2) is 27.4. The number of unbranched alkanes of at least 4 members (excludes halogenated alkanes) is 16. The Balaban J connectivity index is 3.15. The van der Waals surface area contributed by atoms with Crippen LogP contribution >= 0.6 is 45.2 Å². The zero-order valence-corrected chi connectivity index (χ0v) is 27.1. The molecule has 6 heteroatoms. The van der Waals surface area contributed by atoms with Crippen LogP contribution in [0.4, 0.5) is 0 Å². The molecule has 208 valence electrons. The molecule has 0 saturated heterocycles. The van der Waals surface area contributed by atoms with Gasteiger partial charge in [-0.1, -0.05) is 155 Å². The zero-order valence-electron chi connectivity index (χ0n) is 22.8. The molecule has 0 saturated carbocycles. The molecule has 4 nitrogen and oxygen atoms in total. The summed E-state index contributed by atoms with van der Waals surface area (Å²) in [5.74, 6) is -0.0609. The van der Waals surface area contributed by atoms with Gasteiger partial charge in [-0.25, -0.2) is 0 Å². The van der Waals surface area contributed by atoms with E-state index in [4.69, 9.17) is 9.47 Å². The van der Waals surface area contributed by atoms with Crippen molar-refractivity contribution in [2.24, 2.45) is 0 Å². The fraction of sp³-hybridized carbons (Fsp3) is 0.931. The van der Waals surface area contributed by atoms with Crippen LogP contribution in [0, 0.1) is 0 Å². The van der Waals surface area contributed by atoms with E-state index in [1.165, 1.54) is 96.3 Å². The van der Waals surface area contributed by atoms with E-state index in [0.717, 1.165) is 25.7 Å². The standard InChI is InChI=1S/C29H54I2O4/c1-26(30)20-22-28(32)34-24-18-16-14-12-10-8-6-4-3-5-7-9-11-13-15-17-19-25-35-29(33)23-21-27(2)31/h26-27H,3-25H2,1-2H3. The van der Waals surface area contributed by atoms with Crippen LogP contribution in [0.15, 0.2) is 0 Å². The van der Waals surface area contributed by atoms with E-state index in [1.54, 1.807) is 0 Å². The molecule has 0 heterocycles. The molecule has 0 aromatic carbocycles. The Morgan fingerprint density at radius 3 is 0.943 bits per heavy atom. The van der Waals surface area contributed by atoms with Gasteiger partial charge in [-0.15, -0.1) is 0 Å². The number of hydrogen-bond acceptors (Lipinski definition) is 4. The molecule has 0 amide bonds. The van der Waals surface area contributed by atoms with Crippen LogP contribution in [0.5, 0.6) is 0 Å². The first kappa shape index (κ1) is 35.4. The molecule has 0 aliphatic rings. The van der Waals surface area contributed by atoms with Gasteiger partial charge in [-0.2, -0.15) is 0 Å². The largest absolute Gasteiger partial charge is 0.466 e. The first-order valence-corrected chi connectivity index (χ1v) is 17.0. The maximum absolute atomic E-state index is 11.5. The summed E-state index contributed by atoms with van der Waals surface area (Å²) < 4.78 is 11.7. The van der Waals surface area contributed by atoms with Crippen LogP contribution in [0.2, 0.25) is 0 Å². The Morgan fingerprint density at radius 1 is 0.486 bits per heavy atom. The molecule has 0 aliphatic heterocycles. The van der Waals surface area contributed by atoms with Gasteiger partial charge in [0.1, 0.15) is 0 Å². The maximum Gasteiger partial charge on any atom is 0.305 e. The lowest BCUT2D eigenvalue weighted by Crippen LogP contribution is -2.07. The third kappa shape index (κ3) is 30.5. The average molecular weight is 721 g/mol. The van der Waals surface area contributed by atoms with Gasteiger partial charge in [-0.05, 0) is 25.7 Å². The Labute approximate surface area is 244 Å². The monoisotopic (exact) mass is 720 g/mol. The quantitative estimate of drug-likeness (QED) is 0.0387. The molecule has 2 atom stereocenters. The van der Waals surface area contributed by atoms with Crippen molar-refractivity contribution < 1.29 is 19.1 Å². The number of esters is 2.